The van der Waals surface area contributed by atoms with E-state index >= 15 is 0 Å². The number of fused-ring (bicyclic) bond motifs is 1. The third kappa shape index (κ3) is 2.61. The maximum atomic E-state index is 12.6. The quantitative estimate of drug-likeness (QED) is 0.759. The Hall–Kier alpha value is -0.950. The smallest absolute Gasteiger partial charge is 0.243 e. The summed E-state index contributed by atoms with van der Waals surface area (Å²) in [4.78, 5) is 2.35. The zero-order valence-corrected chi connectivity index (χ0v) is 12.2. The van der Waals surface area contributed by atoms with E-state index in [1.807, 2.05) is 11.0 Å². The van der Waals surface area contributed by atoms with Crippen LogP contribution in [0.1, 0.15) is 11.1 Å². The second kappa shape index (κ2) is 5.44. The molecule has 0 radical (unpaired) electrons. The molecule has 1 aromatic carbocycles. The maximum Gasteiger partial charge on any atom is 0.243 e. The first-order valence-electron chi connectivity index (χ1n) is 6.82. The molecule has 1 aromatic rings. The lowest BCUT2D eigenvalue weighted by Crippen LogP contribution is -2.40. The minimum Gasteiger partial charge on any atom is -0.455 e. The summed E-state index contributed by atoms with van der Waals surface area (Å²) >= 11 is 0. The van der Waals surface area contributed by atoms with Crippen molar-refractivity contribution in [3.05, 3.63) is 36.4 Å². The number of benzene rings is 1. The van der Waals surface area contributed by atoms with Crippen molar-refractivity contribution in [3.63, 3.8) is 0 Å². The Morgan fingerprint density at radius 3 is 2.60 bits per heavy atom. The van der Waals surface area contributed by atoms with E-state index in [0.717, 1.165) is 18.5 Å². The van der Waals surface area contributed by atoms with Gasteiger partial charge in [0.25, 0.3) is 0 Å². The van der Waals surface area contributed by atoms with E-state index in [1.54, 1.807) is 12.1 Å². The van der Waals surface area contributed by atoms with Gasteiger partial charge in [0.15, 0.2) is 0 Å². The van der Waals surface area contributed by atoms with Crippen molar-refractivity contribution in [2.24, 2.45) is 0 Å². The normalized spacial score (nSPS) is 21.6. The van der Waals surface area contributed by atoms with E-state index in [0.29, 0.717) is 37.7 Å². The molecule has 110 valence electrons. The largest absolute Gasteiger partial charge is 0.455 e. The highest BCUT2D eigenvalue weighted by Gasteiger charge is 2.27. The van der Waals surface area contributed by atoms with Crippen LogP contribution in [0.2, 0.25) is 0 Å². The second-order valence-corrected chi connectivity index (χ2v) is 7.19. The number of nitrogens with zero attached hydrogens (tertiary/aromatic N) is 2. The van der Waals surface area contributed by atoms with Crippen LogP contribution >= 0.6 is 0 Å². The molecule has 1 saturated heterocycles. The molecular formula is C14H19N2O3S-. The molecule has 0 aliphatic carbocycles. The van der Waals surface area contributed by atoms with Crippen molar-refractivity contribution in [2.45, 2.75) is 17.9 Å². The van der Waals surface area contributed by atoms with Crippen molar-refractivity contribution < 1.29 is 13.2 Å². The highest BCUT2D eigenvalue weighted by molar-refractivity contribution is 7.89. The first-order valence-corrected chi connectivity index (χ1v) is 8.26. The van der Waals surface area contributed by atoms with Crippen LogP contribution in [-0.2, 0) is 27.7 Å². The second-order valence-electron chi connectivity index (χ2n) is 5.25. The van der Waals surface area contributed by atoms with Gasteiger partial charge >= 0.3 is 0 Å². The summed E-state index contributed by atoms with van der Waals surface area (Å²) in [5.74, 6) is 0. The van der Waals surface area contributed by atoms with E-state index in [-0.39, 0.29) is 0 Å². The summed E-state index contributed by atoms with van der Waals surface area (Å²) in [5.41, 5.74) is 2.30. The van der Waals surface area contributed by atoms with Gasteiger partial charge < -0.3 is 9.64 Å². The van der Waals surface area contributed by atoms with Crippen molar-refractivity contribution in [1.29, 1.82) is 0 Å². The molecular weight excluding hydrogens is 276 g/mol. The highest BCUT2D eigenvalue weighted by Crippen LogP contribution is 2.24. The zero-order valence-electron chi connectivity index (χ0n) is 11.4. The molecule has 0 saturated carbocycles. The lowest BCUT2D eigenvalue weighted by Gasteiger charge is -2.32. The Morgan fingerprint density at radius 1 is 1.10 bits per heavy atom. The van der Waals surface area contributed by atoms with Crippen LogP contribution in [0.15, 0.2) is 23.1 Å². The number of morpholine rings is 1. The van der Waals surface area contributed by atoms with Gasteiger partial charge in [-0.2, -0.15) is 4.31 Å². The molecule has 0 bridgehead atoms. The van der Waals surface area contributed by atoms with Crippen LogP contribution in [0.4, 0.5) is 0 Å². The molecule has 0 amide bonds. The monoisotopic (exact) mass is 295 g/mol. The van der Waals surface area contributed by atoms with Gasteiger partial charge in [-0.3, -0.25) is 7.05 Å². The number of hydrogen-bond acceptors (Lipinski definition) is 4. The van der Waals surface area contributed by atoms with Crippen LogP contribution in [-0.4, -0.2) is 50.5 Å². The van der Waals surface area contributed by atoms with E-state index in [1.165, 1.54) is 9.87 Å². The fourth-order valence-corrected chi connectivity index (χ4v) is 4.15. The average Bonchev–Trinajstić information content (AvgIpc) is 2.47. The molecule has 0 N–H and O–H groups in total. The number of hydrogen-bond donors (Lipinski definition) is 0. The first kappa shape index (κ1) is 14.0. The Morgan fingerprint density at radius 2 is 1.85 bits per heavy atom. The predicted molar refractivity (Wildman–Crippen MR) is 75.5 cm³/mol. The van der Waals surface area contributed by atoms with Crippen LogP contribution in [0.25, 0.3) is 0 Å². The summed E-state index contributed by atoms with van der Waals surface area (Å²) in [5, 5.41) is 0. The zero-order chi connectivity index (χ0) is 14.2. The standard InChI is InChI=1S/C14H19N2O3S/c1-15-5-4-12-2-3-14(10-13(12)11-15)20(17,18)16-6-8-19-9-7-16/h2-3,10H,1,4-9,11H2/q-1. The lowest BCUT2D eigenvalue weighted by molar-refractivity contribution is 0.0730. The maximum absolute atomic E-state index is 12.6. The molecule has 6 heteroatoms. The van der Waals surface area contributed by atoms with Gasteiger partial charge in [0.2, 0.25) is 10.0 Å². The summed E-state index contributed by atoms with van der Waals surface area (Å²) in [6.45, 7) is 3.43. The fourth-order valence-electron chi connectivity index (χ4n) is 2.69. The first-order chi connectivity index (χ1) is 9.57. The number of rotatable bonds is 2. The summed E-state index contributed by atoms with van der Waals surface area (Å²) < 4.78 is 31.9. The van der Waals surface area contributed by atoms with Crippen molar-refractivity contribution >= 4 is 10.0 Å². The summed E-state index contributed by atoms with van der Waals surface area (Å²) in [6.07, 6.45) is 0.927. The molecule has 0 spiro atoms. The predicted octanol–water partition coefficient (Wildman–Crippen LogP) is 0.857. The van der Waals surface area contributed by atoms with Gasteiger partial charge in [-0.15, -0.1) is 0 Å². The Kier molecular flexibility index (Phi) is 3.81. The lowest BCUT2D eigenvalue weighted by atomic mass is 10.0. The SMILES string of the molecule is [CH2-]N1CCc2ccc(S(=O)(=O)N3CCOCC3)cc2C1. The topological polar surface area (TPSA) is 49.9 Å². The molecule has 1 fully saturated rings. The van der Waals surface area contributed by atoms with Gasteiger partial charge in [-0.1, -0.05) is 6.07 Å². The summed E-state index contributed by atoms with van der Waals surface area (Å²) in [7, 11) is 0.536. The van der Waals surface area contributed by atoms with Gasteiger partial charge in [0, 0.05) is 13.1 Å². The van der Waals surface area contributed by atoms with E-state index in [2.05, 4.69) is 7.05 Å². The van der Waals surface area contributed by atoms with E-state index in [9.17, 15) is 8.42 Å². The Labute approximate surface area is 120 Å². The Balaban J connectivity index is 1.91. The van der Waals surface area contributed by atoms with Crippen LogP contribution in [0.5, 0.6) is 0 Å². The van der Waals surface area contributed by atoms with Crippen LogP contribution < -0.4 is 0 Å². The van der Waals surface area contributed by atoms with Gasteiger partial charge in [0.05, 0.1) is 18.1 Å². The molecule has 0 aromatic heterocycles. The average molecular weight is 295 g/mol. The van der Waals surface area contributed by atoms with Crippen molar-refractivity contribution in [3.8, 4) is 0 Å². The van der Waals surface area contributed by atoms with Gasteiger partial charge in [-0.25, -0.2) is 8.42 Å². The van der Waals surface area contributed by atoms with Crippen LogP contribution in [0, 0.1) is 7.05 Å². The molecule has 2 aliphatic rings. The Bertz CT molecular complexity index is 594. The summed E-state index contributed by atoms with van der Waals surface area (Å²) in [6, 6.07) is 5.47. The van der Waals surface area contributed by atoms with E-state index < -0.39 is 10.0 Å². The van der Waals surface area contributed by atoms with E-state index in [4.69, 9.17) is 4.74 Å². The molecule has 0 unspecified atom stereocenters. The molecule has 0 atom stereocenters. The number of ether oxygens (including phenoxy) is 1. The molecule has 3 rings (SSSR count). The number of sulfonamides is 1. The minimum absolute atomic E-state index is 0.383. The van der Waals surface area contributed by atoms with Crippen molar-refractivity contribution in [2.75, 3.05) is 32.8 Å². The molecule has 2 aliphatic heterocycles. The van der Waals surface area contributed by atoms with Gasteiger partial charge in [-0.05, 0) is 42.8 Å². The third-order valence-electron chi connectivity index (χ3n) is 3.88. The third-order valence-corrected chi connectivity index (χ3v) is 5.77. The molecule has 2 heterocycles. The molecule has 20 heavy (non-hydrogen) atoms. The fraction of sp³-hybridized carbons (Fsp3) is 0.500. The van der Waals surface area contributed by atoms with Crippen molar-refractivity contribution in [1.82, 2.24) is 9.21 Å². The highest BCUT2D eigenvalue weighted by atomic mass is 32.2. The molecule has 5 nitrogen and oxygen atoms in total. The minimum atomic E-state index is -3.40. The van der Waals surface area contributed by atoms with Crippen LogP contribution in [0.3, 0.4) is 0 Å². The van der Waals surface area contributed by atoms with Gasteiger partial charge in [0.1, 0.15) is 0 Å².